The smallest absolute Gasteiger partial charge is 0.127 e. The molecular weight excluding hydrogens is 440 g/mol. The minimum atomic E-state index is 0.0992. The molecule has 5 heteroatoms. The molecule has 0 saturated heterocycles. The monoisotopic (exact) mass is 470 g/mol. The lowest BCUT2D eigenvalue weighted by Gasteiger charge is -2.15. The summed E-state index contributed by atoms with van der Waals surface area (Å²) in [5, 5.41) is 5.01. The maximum Gasteiger partial charge on any atom is 0.127 e. The Labute approximate surface area is 206 Å². The van der Waals surface area contributed by atoms with Gasteiger partial charge in [-0.2, -0.15) is 0 Å². The van der Waals surface area contributed by atoms with E-state index in [1.165, 1.54) is 0 Å². The van der Waals surface area contributed by atoms with Crippen molar-refractivity contribution in [3.05, 3.63) is 120 Å². The van der Waals surface area contributed by atoms with Crippen LogP contribution >= 0.6 is 0 Å². The molecule has 0 radical (unpaired) electrons. The Bertz CT molecular complexity index is 1070. The largest absolute Gasteiger partial charge is 0.457 e. The average Bonchev–Trinajstić information content (AvgIpc) is 2.90. The van der Waals surface area contributed by atoms with Crippen LogP contribution in [-0.2, 0) is 14.8 Å². The predicted octanol–water partition coefficient (Wildman–Crippen LogP) is 8.06. The van der Waals surface area contributed by atoms with Crippen molar-refractivity contribution in [1.29, 1.82) is 0 Å². The van der Waals surface area contributed by atoms with Crippen LogP contribution in [0, 0.1) is 0 Å². The molecule has 0 saturated carbocycles. The molecule has 0 aliphatic rings. The summed E-state index contributed by atoms with van der Waals surface area (Å²) < 4.78 is 11.8. The first-order chi connectivity index (χ1) is 17.2. The third kappa shape index (κ3) is 7.69. The van der Waals surface area contributed by atoms with Gasteiger partial charge in [-0.25, -0.2) is 9.78 Å². The van der Waals surface area contributed by atoms with Gasteiger partial charge in [-0.3, -0.25) is 0 Å². The van der Waals surface area contributed by atoms with Gasteiger partial charge in [-0.1, -0.05) is 79.5 Å². The van der Waals surface area contributed by atoms with Crippen molar-refractivity contribution in [2.75, 3.05) is 13.2 Å². The molecule has 4 aromatic carbocycles. The van der Waals surface area contributed by atoms with Crippen molar-refractivity contribution in [2.24, 2.45) is 0 Å². The Hall–Kier alpha value is -3.64. The van der Waals surface area contributed by atoms with Gasteiger partial charge in [0, 0.05) is 11.8 Å². The first-order valence-electron chi connectivity index (χ1n) is 11.7. The van der Waals surface area contributed by atoms with Crippen molar-refractivity contribution in [2.45, 2.75) is 25.7 Å². The third-order valence-corrected chi connectivity index (χ3v) is 5.54. The maximum absolute atomic E-state index is 5.92. The van der Waals surface area contributed by atoms with E-state index < -0.39 is 0 Å². The minimum absolute atomic E-state index is 0.0992. The zero-order valence-corrected chi connectivity index (χ0v) is 20.0. The number of benzene rings is 4. The van der Waals surface area contributed by atoms with Crippen molar-refractivity contribution < 1.29 is 24.3 Å². The van der Waals surface area contributed by atoms with Crippen LogP contribution in [0.5, 0.6) is 23.0 Å². The minimum Gasteiger partial charge on any atom is -0.457 e. The Morgan fingerprint density at radius 3 is 1.31 bits per heavy atom. The molecule has 0 aromatic heterocycles. The van der Waals surface area contributed by atoms with E-state index in [1.54, 1.807) is 0 Å². The van der Waals surface area contributed by atoms with Crippen LogP contribution < -0.4 is 9.47 Å². The first kappa shape index (κ1) is 24.5. The molecule has 0 amide bonds. The molecule has 0 fully saturated rings. The third-order valence-electron chi connectivity index (χ3n) is 5.54. The van der Waals surface area contributed by atoms with Gasteiger partial charge in [0.1, 0.15) is 23.0 Å². The summed E-state index contributed by atoms with van der Waals surface area (Å²) in [5.74, 6) is 3.37. The summed E-state index contributed by atoms with van der Waals surface area (Å²) in [6.45, 7) is 4.82. The summed E-state index contributed by atoms with van der Waals surface area (Å²) in [6.07, 6.45) is 0. The lowest BCUT2D eigenvalue weighted by atomic mass is 10.0. The second kappa shape index (κ2) is 12.7. The molecule has 0 spiro atoms. The van der Waals surface area contributed by atoms with Gasteiger partial charge in [0.2, 0.25) is 0 Å². The SMILES string of the molecule is CC(COOOCC(C)c1cccc(Oc2ccccc2)c1)c1cccc(Oc2ccccc2)c1. The Balaban J connectivity index is 1.20. The number of ether oxygens (including phenoxy) is 2. The predicted molar refractivity (Wildman–Crippen MR) is 136 cm³/mol. The fourth-order valence-corrected chi connectivity index (χ4v) is 3.50. The summed E-state index contributed by atoms with van der Waals surface area (Å²) in [5.41, 5.74) is 2.18. The lowest BCUT2D eigenvalue weighted by Crippen LogP contribution is -2.09. The Morgan fingerprint density at radius 2 is 0.886 bits per heavy atom. The van der Waals surface area contributed by atoms with E-state index in [9.17, 15) is 0 Å². The zero-order valence-electron chi connectivity index (χ0n) is 20.0. The molecule has 4 aromatic rings. The van der Waals surface area contributed by atoms with Crippen molar-refractivity contribution >= 4 is 0 Å². The molecular formula is C30H30O5. The molecule has 2 unspecified atom stereocenters. The highest BCUT2D eigenvalue weighted by Gasteiger charge is 2.11. The molecule has 180 valence electrons. The number of hydrogen-bond donors (Lipinski definition) is 0. The van der Waals surface area contributed by atoms with Crippen LogP contribution in [0.3, 0.4) is 0 Å². The van der Waals surface area contributed by atoms with Gasteiger partial charge in [0.15, 0.2) is 0 Å². The first-order valence-corrected chi connectivity index (χ1v) is 11.7. The van der Waals surface area contributed by atoms with E-state index in [0.717, 1.165) is 34.1 Å². The molecule has 4 rings (SSSR count). The normalized spacial score (nSPS) is 12.6. The van der Waals surface area contributed by atoms with Gasteiger partial charge in [0.05, 0.1) is 13.2 Å². The standard InChI is InChI=1S/C30H30O5/c1-23(25-11-9-17-29(19-25)33-27-13-5-3-6-14-27)21-31-35-32-22-24(2)26-12-10-18-30(20-26)34-28-15-7-4-8-16-28/h3-20,23-24H,21-22H2,1-2H3. The van der Waals surface area contributed by atoms with E-state index in [0.29, 0.717) is 13.2 Å². The molecule has 35 heavy (non-hydrogen) atoms. The highest BCUT2D eigenvalue weighted by Crippen LogP contribution is 2.27. The lowest BCUT2D eigenvalue weighted by molar-refractivity contribution is -0.514. The van der Waals surface area contributed by atoms with Gasteiger partial charge in [-0.05, 0) is 59.7 Å². The Morgan fingerprint density at radius 1 is 0.486 bits per heavy atom. The van der Waals surface area contributed by atoms with E-state index in [2.05, 4.69) is 13.8 Å². The molecule has 2 atom stereocenters. The molecule has 0 heterocycles. The summed E-state index contributed by atoms with van der Waals surface area (Å²) >= 11 is 0. The topological polar surface area (TPSA) is 46.2 Å². The van der Waals surface area contributed by atoms with Crippen molar-refractivity contribution in [3.8, 4) is 23.0 Å². The second-order valence-corrected chi connectivity index (χ2v) is 8.41. The van der Waals surface area contributed by atoms with Crippen LogP contribution in [0.2, 0.25) is 0 Å². The van der Waals surface area contributed by atoms with E-state index in [1.807, 2.05) is 109 Å². The highest BCUT2D eigenvalue weighted by molar-refractivity contribution is 5.36. The molecule has 5 nitrogen and oxygen atoms in total. The van der Waals surface area contributed by atoms with Gasteiger partial charge in [-0.15, -0.1) is 0 Å². The van der Waals surface area contributed by atoms with Crippen LogP contribution in [0.15, 0.2) is 109 Å². The van der Waals surface area contributed by atoms with Crippen molar-refractivity contribution in [1.82, 2.24) is 0 Å². The summed E-state index contributed by atoms with van der Waals surface area (Å²) in [6, 6.07) is 35.3. The molecule has 0 N–H and O–H groups in total. The molecule has 0 aliphatic heterocycles. The van der Waals surface area contributed by atoms with E-state index in [-0.39, 0.29) is 11.8 Å². The molecule has 0 aliphatic carbocycles. The number of rotatable bonds is 12. The number of para-hydroxylation sites is 2. The fraction of sp³-hybridized carbons (Fsp3) is 0.200. The average molecular weight is 471 g/mol. The molecule has 0 bridgehead atoms. The van der Waals surface area contributed by atoms with Crippen LogP contribution in [0.1, 0.15) is 36.8 Å². The van der Waals surface area contributed by atoms with Crippen LogP contribution in [0.25, 0.3) is 0 Å². The van der Waals surface area contributed by atoms with Gasteiger partial charge >= 0.3 is 0 Å². The van der Waals surface area contributed by atoms with Gasteiger partial charge in [0.25, 0.3) is 0 Å². The Kier molecular flexibility index (Phi) is 8.90. The van der Waals surface area contributed by atoms with Crippen LogP contribution in [-0.4, -0.2) is 13.2 Å². The van der Waals surface area contributed by atoms with E-state index >= 15 is 0 Å². The summed E-state index contributed by atoms with van der Waals surface area (Å²) in [4.78, 5) is 10.6. The summed E-state index contributed by atoms with van der Waals surface area (Å²) in [7, 11) is 0. The fourth-order valence-electron chi connectivity index (χ4n) is 3.50. The van der Waals surface area contributed by atoms with Crippen LogP contribution in [0.4, 0.5) is 0 Å². The maximum atomic E-state index is 5.92. The number of hydrogen-bond acceptors (Lipinski definition) is 5. The van der Waals surface area contributed by atoms with E-state index in [4.69, 9.17) is 24.3 Å². The second-order valence-electron chi connectivity index (χ2n) is 8.41. The van der Waals surface area contributed by atoms with Gasteiger partial charge < -0.3 is 9.47 Å². The highest BCUT2D eigenvalue weighted by atomic mass is 17.5. The quantitative estimate of drug-likeness (QED) is 0.119. The van der Waals surface area contributed by atoms with Crippen molar-refractivity contribution in [3.63, 3.8) is 0 Å². The zero-order chi connectivity index (χ0) is 24.3.